The summed E-state index contributed by atoms with van der Waals surface area (Å²) in [6.45, 7) is 3.20. The minimum atomic E-state index is 0.196. The molecular formula is C14H21NO2. The van der Waals surface area contributed by atoms with Crippen LogP contribution < -0.4 is 10.1 Å². The Morgan fingerprint density at radius 3 is 2.88 bits per heavy atom. The summed E-state index contributed by atoms with van der Waals surface area (Å²) in [7, 11) is 1.57. The highest BCUT2D eigenvalue weighted by Crippen LogP contribution is 2.32. The van der Waals surface area contributed by atoms with Gasteiger partial charge in [-0.3, -0.25) is 0 Å². The Labute approximate surface area is 103 Å². The number of methoxy groups -OCH3 is 1. The second-order valence-corrected chi connectivity index (χ2v) is 4.84. The molecule has 0 radical (unpaired) electrons. The van der Waals surface area contributed by atoms with Gasteiger partial charge in [-0.1, -0.05) is 18.9 Å². The SMILES string of the molecule is COc1cc(C(C)NCCC2CC2)ccc1O. The predicted octanol–water partition coefficient (Wildman–Crippen LogP) is 2.85. The van der Waals surface area contributed by atoms with Crippen molar-refractivity contribution in [2.75, 3.05) is 13.7 Å². The van der Waals surface area contributed by atoms with Crippen molar-refractivity contribution >= 4 is 0 Å². The highest BCUT2D eigenvalue weighted by Gasteiger charge is 2.20. The minimum absolute atomic E-state index is 0.196. The van der Waals surface area contributed by atoms with Crippen molar-refractivity contribution in [2.45, 2.75) is 32.2 Å². The fraction of sp³-hybridized carbons (Fsp3) is 0.571. The first-order valence-corrected chi connectivity index (χ1v) is 6.31. The zero-order valence-electron chi connectivity index (χ0n) is 10.6. The molecule has 2 N–H and O–H groups in total. The van der Waals surface area contributed by atoms with Crippen LogP contribution in [0.25, 0.3) is 0 Å². The average molecular weight is 235 g/mol. The molecule has 3 heteroatoms. The Bertz CT molecular complexity index is 374. The summed E-state index contributed by atoms with van der Waals surface area (Å²) < 4.78 is 5.11. The van der Waals surface area contributed by atoms with Gasteiger partial charge in [0.25, 0.3) is 0 Å². The summed E-state index contributed by atoms with van der Waals surface area (Å²) >= 11 is 0. The fourth-order valence-corrected chi connectivity index (χ4v) is 1.99. The first-order valence-electron chi connectivity index (χ1n) is 6.31. The van der Waals surface area contributed by atoms with E-state index in [9.17, 15) is 5.11 Å². The highest BCUT2D eigenvalue weighted by atomic mass is 16.5. The van der Waals surface area contributed by atoms with Crippen LogP contribution in [-0.4, -0.2) is 18.8 Å². The maximum atomic E-state index is 9.53. The Morgan fingerprint density at radius 2 is 2.24 bits per heavy atom. The van der Waals surface area contributed by atoms with Crippen molar-refractivity contribution < 1.29 is 9.84 Å². The minimum Gasteiger partial charge on any atom is -0.504 e. The van der Waals surface area contributed by atoms with Crippen LogP contribution in [0.15, 0.2) is 18.2 Å². The van der Waals surface area contributed by atoms with Crippen LogP contribution in [0.3, 0.4) is 0 Å². The number of benzene rings is 1. The molecular weight excluding hydrogens is 214 g/mol. The van der Waals surface area contributed by atoms with Gasteiger partial charge in [0.15, 0.2) is 11.5 Å². The van der Waals surface area contributed by atoms with E-state index in [0.717, 1.165) is 18.0 Å². The van der Waals surface area contributed by atoms with E-state index in [-0.39, 0.29) is 5.75 Å². The Hall–Kier alpha value is -1.22. The van der Waals surface area contributed by atoms with Gasteiger partial charge < -0.3 is 15.2 Å². The van der Waals surface area contributed by atoms with Crippen molar-refractivity contribution in [2.24, 2.45) is 5.92 Å². The van der Waals surface area contributed by atoms with Gasteiger partial charge in [0, 0.05) is 6.04 Å². The van der Waals surface area contributed by atoms with E-state index in [1.165, 1.54) is 19.3 Å². The number of rotatable bonds is 6. The van der Waals surface area contributed by atoms with Crippen molar-refractivity contribution in [1.29, 1.82) is 0 Å². The molecule has 1 aromatic carbocycles. The van der Waals surface area contributed by atoms with Gasteiger partial charge in [0.2, 0.25) is 0 Å². The molecule has 0 saturated heterocycles. The van der Waals surface area contributed by atoms with Crippen LogP contribution in [0.4, 0.5) is 0 Å². The van der Waals surface area contributed by atoms with Gasteiger partial charge in [-0.2, -0.15) is 0 Å². The zero-order chi connectivity index (χ0) is 12.3. The number of phenols is 1. The number of nitrogens with one attached hydrogen (secondary N) is 1. The topological polar surface area (TPSA) is 41.5 Å². The first kappa shape index (κ1) is 12.2. The van der Waals surface area contributed by atoms with Gasteiger partial charge in [-0.25, -0.2) is 0 Å². The summed E-state index contributed by atoms with van der Waals surface area (Å²) in [6, 6.07) is 5.81. The highest BCUT2D eigenvalue weighted by molar-refractivity contribution is 5.42. The van der Waals surface area contributed by atoms with Crippen molar-refractivity contribution in [3.8, 4) is 11.5 Å². The summed E-state index contributed by atoms with van der Waals surface area (Å²) in [5, 5.41) is 13.0. The number of hydrogen-bond donors (Lipinski definition) is 2. The molecule has 0 amide bonds. The molecule has 0 heterocycles. The van der Waals surface area contributed by atoms with Crippen LogP contribution in [-0.2, 0) is 0 Å². The quantitative estimate of drug-likeness (QED) is 0.796. The summed E-state index contributed by atoms with van der Waals surface area (Å²) in [5.41, 5.74) is 1.15. The largest absolute Gasteiger partial charge is 0.504 e. The van der Waals surface area contributed by atoms with E-state index in [4.69, 9.17) is 4.74 Å². The lowest BCUT2D eigenvalue weighted by Gasteiger charge is -2.15. The van der Waals surface area contributed by atoms with Crippen LogP contribution in [0, 0.1) is 5.92 Å². The van der Waals surface area contributed by atoms with Crippen molar-refractivity contribution in [3.63, 3.8) is 0 Å². The summed E-state index contributed by atoms with van der Waals surface area (Å²) in [5.74, 6) is 1.70. The normalized spacial score (nSPS) is 16.8. The Kier molecular flexibility index (Phi) is 3.89. The Morgan fingerprint density at radius 1 is 1.47 bits per heavy atom. The van der Waals surface area contributed by atoms with Crippen LogP contribution in [0.5, 0.6) is 11.5 Å². The van der Waals surface area contributed by atoms with E-state index in [0.29, 0.717) is 11.8 Å². The van der Waals surface area contributed by atoms with E-state index >= 15 is 0 Å². The van der Waals surface area contributed by atoms with Crippen molar-refractivity contribution in [3.05, 3.63) is 23.8 Å². The second-order valence-electron chi connectivity index (χ2n) is 4.84. The molecule has 0 bridgehead atoms. The maximum absolute atomic E-state index is 9.53. The summed E-state index contributed by atoms with van der Waals surface area (Å²) in [4.78, 5) is 0. The Balaban J connectivity index is 1.90. The van der Waals surface area contributed by atoms with Gasteiger partial charge in [0.1, 0.15) is 0 Å². The molecule has 0 aromatic heterocycles. The molecule has 1 atom stereocenters. The van der Waals surface area contributed by atoms with Crippen molar-refractivity contribution in [1.82, 2.24) is 5.32 Å². The second kappa shape index (κ2) is 5.41. The molecule has 1 saturated carbocycles. The molecule has 1 aromatic rings. The zero-order valence-corrected chi connectivity index (χ0v) is 10.6. The van der Waals surface area contributed by atoms with Gasteiger partial charge >= 0.3 is 0 Å². The molecule has 0 aliphatic heterocycles. The molecule has 1 fully saturated rings. The molecule has 2 rings (SSSR count). The standard InChI is InChI=1S/C14H21NO2/c1-10(15-8-7-11-3-4-11)12-5-6-13(16)14(9-12)17-2/h5-6,9-11,15-16H,3-4,7-8H2,1-2H3. The maximum Gasteiger partial charge on any atom is 0.160 e. The monoisotopic (exact) mass is 235 g/mol. The van der Waals surface area contributed by atoms with E-state index < -0.39 is 0 Å². The lowest BCUT2D eigenvalue weighted by Crippen LogP contribution is -2.20. The van der Waals surface area contributed by atoms with Crippen LogP contribution in [0.1, 0.15) is 37.8 Å². The molecule has 1 aliphatic carbocycles. The fourth-order valence-electron chi connectivity index (χ4n) is 1.99. The van der Waals surface area contributed by atoms with E-state index in [1.807, 2.05) is 12.1 Å². The molecule has 1 unspecified atom stereocenters. The lowest BCUT2D eigenvalue weighted by molar-refractivity contribution is 0.372. The van der Waals surface area contributed by atoms with Crippen LogP contribution >= 0.6 is 0 Å². The van der Waals surface area contributed by atoms with Crippen LogP contribution in [0.2, 0.25) is 0 Å². The van der Waals surface area contributed by atoms with E-state index in [1.54, 1.807) is 13.2 Å². The lowest BCUT2D eigenvalue weighted by atomic mass is 10.1. The summed E-state index contributed by atoms with van der Waals surface area (Å²) in [6.07, 6.45) is 4.09. The number of ether oxygens (including phenoxy) is 1. The average Bonchev–Trinajstić information content (AvgIpc) is 3.13. The third-order valence-corrected chi connectivity index (χ3v) is 3.40. The number of aromatic hydroxyl groups is 1. The van der Waals surface area contributed by atoms with Gasteiger partial charge in [0.05, 0.1) is 7.11 Å². The molecule has 17 heavy (non-hydrogen) atoms. The third kappa shape index (κ3) is 3.37. The molecule has 1 aliphatic rings. The number of hydrogen-bond acceptors (Lipinski definition) is 3. The smallest absolute Gasteiger partial charge is 0.160 e. The predicted molar refractivity (Wildman–Crippen MR) is 68.4 cm³/mol. The molecule has 94 valence electrons. The number of phenolic OH excluding ortho intramolecular Hbond substituents is 1. The first-order chi connectivity index (χ1) is 8.20. The molecule has 3 nitrogen and oxygen atoms in total. The molecule has 0 spiro atoms. The third-order valence-electron chi connectivity index (χ3n) is 3.40. The van der Waals surface area contributed by atoms with Gasteiger partial charge in [-0.15, -0.1) is 0 Å². The van der Waals surface area contributed by atoms with Gasteiger partial charge in [-0.05, 0) is 43.5 Å². The van der Waals surface area contributed by atoms with E-state index in [2.05, 4.69) is 12.2 Å².